The molecule has 1 N–H and O–H groups in total. The van der Waals surface area contributed by atoms with E-state index >= 15 is 0 Å². The number of hydrogen-bond donors (Lipinski definition) is 1. The van der Waals surface area contributed by atoms with Crippen LogP contribution in [0.15, 0.2) is 47.5 Å². The van der Waals surface area contributed by atoms with Gasteiger partial charge in [-0.2, -0.15) is 0 Å². The molecule has 1 heterocycles. The molecule has 1 atom stereocenters. The van der Waals surface area contributed by atoms with Gasteiger partial charge in [0.05, 0.1) is 9.95 Å². The van der Waals surface area contributed by atoms with Crippen molar-refractivity contribution >= 4 is 46.7 Å². The van der Waals surface area contributed by atoms with E-state index in [1.807, 2.05) is 0 Å². The normalized spacial score (nSPS) is 11.5. The fourth-order valence-electron chi connectivity index (χ4n) is 1.78. The first-order valence-corrected chi connectivity index (χ1v) is 8.60. The smallest absolute Gasteiger partial charge is 0.319 e. The summed E-state index contributed by atoms with van der Waals surface area (Å²) in [6.45, 7) is 1.17. The zero-order chi connectivity index (χ0) is 19.1. The van der Waals surface area contributed by atoms with Gasteiger partial charge in [-0.15, -0.1) is 11.8 Å². The number of nitrogens with zero attached hydrogens (tertiary/aromatic N) is 2. The third kappa shape index (κ3) is 6.01. The van der Waals surface area contributed by atoms with Crippen molar-refractivity contribution in [3.05, 3.63) is 57.7 Å². The number of pyridine rings is 1. The minimum atomic E-state index is -0.585. The third-order valence-electron chi connectivity index (χ3n) is 3.03. The Morgan fingerprint density at radius 2 is 2.00 bits per heavy atom. The highest BCUT2D eigenvalue weighted by Gasteiger charge is 2.18. The highest BCUT2D eigenvalue weighted by molar-refractivity contribution is 8.00. The van der Waals surface area contributed by atoms with E-state index in [1.165, 1.54) is 36.2 Å². The second kappa shape index (κ2) is 9.16. The van der Waals surface area contributed by atoms with Crippen molar-refractivity contribution in [2.45, 2.75) is 17.1 Å². The molecule has 0 saturated heterocycles. The number of rotatable bonds is 7. The van der Waals surface area contributed by atoms with Gasteiger partial charge in [-0.3, -0.25) is 19.7 Å². The first-order chi connectivity index (χ1) is 12.3. The van der Waals surface area contributed by atoms with Gasteiger partial charge in [0, 0.05) is 23.2 Å². The number of halogens is 1. The molecule has 1 aromatic heterocycles. The molecule has 1 unspecified atom stereocenters. The first-order valence-electron chi connectivity index (χ1n) is 7.34. The van der Waals surface area contributed by atoms with Crippen molar-refractivity contribution in [3.8, 4) is 0 Å². The number of ether oxygens (including phenoxy) is 1. The van der Waals surface area contributed by atoms with Gasteiger partial charge in [-0.1, -0.05) is 11.6 Å². The molecule has 0 spiro atoms. The molecule has 0 saturated carbocycles. The van der Waals surface area contributed by atoms with E-state index in [0.29, 0.717) is 15.7 Å². The summed E-state index contributed by atoms with van der Waals surface area (Å²) >= 11 is 6.87. The molecule has 26 heavy (non-hydrogen) atoms. The fourth-order valence-corrected chi connectivity index (χ4v) is 2.76. The number of anilines is 1. The van der Waals surface area contributed by atoms with E-state index < -0.39 is 28.7 Å². The number of non-ortho nitro benzene ring substituents is 1. The quantitative estimate of drug-likeness (QED) is 0.331. The van der Waals surface area contributed by atoms with Gasteiger partial charge in [0.1, 0.15) is 11.1 Å². The Kier molecular flexibility index (Phi) is 6.93. The summed E-state index contributed by atoms with van der Waals surface area (Å²) in [5, 5.41) is 12.9. The number of nitrogens with one attached hydrogen (secondary N) is 1. The molecule has 136 valence electrons. The molecule has 1 amide bonds. The van der Waals surface area contributed by atoms with E-state index in [-0.39, 0.29) is 5.69 Å². The fraction of sp³-hybridized carbons (Fsp3) is 0.188. The SMILES string of the molecule is CC(Sc1ccc([N+](=O)[O-])cc1)C(=O)OCC(=O)Nc1ccc(Cl)cn1. The Morgan fingerprint density at radius 1 is 1.31 bits per heavy atom. The monoisotopic (exact) mass is 395 g/mol. The number of nitro groups is 1. The Labute approximate surface area is 158 Å². The highest BCUT2D eigenvalue weighted by atomic mass is 35.5. The lowest BCUT2D eigenvalue weighted by molar-refractivity contribution is -0.384. The zero-order valence-electron chi connectivity index (χ0n) is 13.5. The van der Waals surface area contributed by atoms with Crippen molar-refractivity contribution in [1.29, 1.82) is 0 Å². The van der Waals surface area contributed by atoms with Gasteiger partial charge in [-0.05, 0) is 31.2 Å². The van der Waals surface area contributed by atoms with E-state index in [0.717, 1.165) is 0 Å². The molecule has 0 aliphatic heterocycles. The van der Waals surface area contributed by atoms with Crippen LogP contribution in [0.25, 0.3) is 0 Å². The van der Waals surface area contributed by atoms with Crippen molar-refractivity contribution in [1.82, 2.24) is 4.98 Å². The number of hydrogen-bond acceptors (Lipinski definition) is 7. The predicted molar refractivity (Wildman–Crippen MR) is 97.3 cm³/mol. The van der Waals surface area contributed by atoms with Crippen molar-refractivity contribution in [2.75, 3.05) is 11.9 Å². The Morgan fingerprint density at radius 3 is 2.58 bits per heavy atom. The standard InChI is InChI=1S/C16H14ClN3O5S/c1-10(26-13-5-3-12(4-6-13)20(23)24)16(22)25-9-15(21)19-14-7-2-11(17)8-18-14/h2-8,10H,9H2,1H3,(H,18,19,21). The van der Waals surface area contributed by atoms with Crippen LogP contribution in [0, 0.1) is 10.1 Å². The molecule has 0 radical (unpaired) electrons. The molecular formula is C16H14ClN3O5S. The van der Waals surface area contributed by atoms with E-state index in [1.54, 1.807) is 25.1 Å². The number of benzene rings is 1. The Bertz CT molecular complexity index is 799. The Hall–Kier alpha value is -2.65. The van der Waals surface area contributed by atoms with Gasteiger partial charge in [-0.25, -0.2) is 4.98 Å². The largest absolute Gasteiger partial charge is 0.455 e. The minimum absolute atomic E-state index is 0.0305. The van der Waals surface area contributed by atoms with Gasteiger partial charge >= 0.3 is 5.97 Å². The van der Waals surface area contributed by atoms with Crippen LogP contribution in [-0.4, -0.2) is 33.6 Å². The van der Waals surface area contributed by atoms with Crippen LogP contribution >= 0.6 is 23.4 Å². The third-order valence-corrected chi connectivity index (χ3v) is 4.35. The molecule has 0 aliphatic carbocycles. The molecule has 0 aliphatic rings. The summed E-state index contributed by atoms with van der Waals surface area (Å²) in [6, 6.07) is 8.89. The van der Waals surface area contributed by atoms with Crippen LogP contribution < -0.4 is 5.32 Å². The summed E-state index contributed by atoms with van der Waals surface area (Å²) in [5.41, 5.74) is -0.0305. The number of carbonyl (C=O) groups is 2. The van der Waals surface area contributed by atoms with Gasteiger partial charge in [0.15, 0.2) is 6.61 Å². The maximum absolute atomic E-state index is 12.0. The van der Waals surface area contributed by atoms with Crippen LogP contribution in [0.3, 0.4) is 0 Å². The maximum atomic E-state index is 12.0. The van der Waals surface area contributed by atoms with Crippen LogP contribution in [0.4, 0.5) is 11.5 Å². The van der Waals surface area contributed by atoms with E-state index in [2.05, 4.69) is 10.3 Å². The molecule has 8 nitrogen and oxygen atoms in total. The highest BCUT2D eigenvalue weighted by Crippen LogP contribution is 2.26. The first kappa shape index (κ1) is 19.7. The molecule has 0 fully saturated rings. The average molecular weight is 396 g/mol. The van der Waals surface area contributed by atoms with Gasteiger partial charge in [0.2, 0.25) is 0 Å². The number of aromatic nitrogens is 1. The van der Waals surface area contributed by atoms with Crippen molar-refractivity contribution in [3.63, 3.8) is 0 Å². The number of amides is 1. The van der Waals surface area contributed by atoms with Crippen LogP contribution in [0.2, 0.25) is 5.02 Å². The maximum Gasteiger partial charge on any atom is 0.319 e. The summed E-state index contributed by atoms with van der Waals surface area (Å²) in [4.78, 5) is 38.4. The summed E-state index contributed by atoms with van der Waals surface area (Å²) < 4.78 is 4.96. The molecule has 1 aromatic carbocycles. The number of esters is 1. The topological polar surface area (TPSA) is 111 Å². The number of thioether (sulfide) groups is 1. The summed E-state index contributed by atoms with van der Waals surface area (Å²) in [5.74, 6) is -0.808. The van der Waals surface area contributed by atoms with Gasteiger partial charge in [0.25, 0.3) is 11.6 Å². The second-order valence-corrected chi connectivity index (χ2v) is 6.88. The molecular weight excluding hydrogens is 382 g/mol. The predicted octanol–water partition coefficient (Wildman–Crippen LogP) is 3.31. The second-order valence-electron chi connectivity index (χ2n) is 5.03. The summed E-state index contributed by atoms with van der Waals surface area (Å²) in [7, 11) is 0. The van der Waals surface area contributed by atoms with Gasteiger partial charge < -0.3 is 10.1 Å². The lowest BCUT2D eigenvalue weighted by Crippen LogP contribution is -2.25. The average Bonchev–Trinajstić information content (AvgIpc) is 2.62. The molecule has 0 bridgehead atoms. The number of nitro benzene ring substituents is 1. The van der Waals surface area contributed by atoms with Crippen LogP contribution in [-0.2, 0) is 14.3 Å². The van der Waals surface area contributed by atoms with E-state index in [4.69, 9.17) is 16.3 Å². The van der Waals surface area contributed by atoms with Crippen LogP contribution in [0.5, 0.6) is 0 Å². The molecule has 10 heteroatoms. The minimum Gasteiger partial charge on any atom is -0.455 e. The number of carbonyl (C=O) groups excluding carboxylic acids is 2. The summed E-state index contributed by atoms with van der Waals surface area (Å²) in [6.07, 6.45) is 1.38. The molecule has 2 aromatic rings. The zero-order valence-corrected chi connectivity index (χ0v) is 15.1. The van der Waals surface area contributed by atoms with Crippen molar-refractivity contribution < 1.29 is 19.2 Å². The van der Waals surface area contributed by atoms with Crippen LogP contribution in [0.1, 0.15) is 6.92 Å². The Balaban J connectivity index is 1.79. The van der Waals surface area contributed by atoms with E-state index in [9.17, 15) is 19.7 Å². The lowest BCUT2D eigenvalue weighted by atomic mass is 10.3. The lowest BCUT2D eigenvalue weighted by Gasteiger charge is -2.11. The van der Waals surface area contributed by atoms with Crippen molar-refractivity contribution in [2.24, 2.45) is 0 Å². The molecule has 2 rings (SSSR count).